The predicted octanol–water partition coefficient (Wildman–Crippen LogP) is 2.72. The number of sulfone groups is 1. The van der Waals surface area contributed by atoms with Crippen LogP contribution in [0.25, 0.3) is 0 Å². The standard InChI is InChI=1S/C24H30N4O5S/c1-15-12-16(2)22(25-18(15)4)26-8-10-27(11-9-26)23(29)20-7-6-19(13-21(20)34(5,31)32)28-17(3)14-33-24(28)30/h6-7,12-13,17H,8-11,14H2,1-5H3. The van der Waals surface area contributed by atoms with Crippen molar-refractivity contribution in [1.29, 1.82) is 0 Å². The van der Waals surface area contributed by atoms with Gasteiger partial charge in [-0.1, -0.05) is 6.07 Å². The van der Waals surface area contributed by atoms with Crippen molar-refractivity contribution in [2.45, 2.75) is 38.6 Å². The number of aryl methyl sites for hydroxylation is 3. The number of carbonyl (C=O) groups excluding carboxylic acids is 2. The summed E-state index contributed by atoms with van der Waals surface area (Å²) in [5.41, 5.74) is 3.72. The SMILES string of the molecule is Cc1cc(C)c(N2CCN(C(=O)c3ccc(N4C(=O)OCC4C)cc3S(C)(=O)=O)CC2)nc1C. The number of amides is 2. The van der Waals surface area contributed by atoms with Gasteiger partial charge in [-0.05, 0) is 57.0 Å². The molecule has 4 rings (SSSR count). The first-order valence-electron chi connectivity index (χ1n) is 11.3. The van der Waals surface area contributed by atoms with Gasteiger partial charge < -0.3 is 14.5 Å². The molecule has 2 saturated heterocycles. The first-order valence-corrected chi connectivity index (χ1v) is 13.2. The van der Waals surface area contributed by atoms with Crippen LogP contribution in [-0.2, 0) is 14.6 Å². The number of anilines is 2. The van der Waals surface area contributed by atoms with E-state index in [-0.39, 0.29) is 29.0 Å². The van der Waals surface area contributed by atoms with Crippen molar-refractivity contribution < 1.29 is 22.7 Å². The van der Waals surface area contributed by atoms with Gasteiger partial charge in [0.25, 0.3) is 5.91 Å². The summed E-state index contributed by atoms with van der Waals surface area (Å²) in [5, 5.41) is 0. The van der Waals surface area contributed by atoms with Gasteiger partial charge in [-0.15, -0.1) is 0 Å². The zero-order chi connectivity index (χ0) is 24.8. The number of hydrogen-bond donors (Lipinski definition) is 0. The van der Waals surface area contributed by atoms with Crippen LogP contribution in [0.3, 0.4) is 0 Å². The number of pyridine rings is 1. The molecule has 0 aliphatic carbocycles. The highest BCUT2D eigenvalue weighted by Gasteiger charge is 2.33. The van der Waals surface area contributed by atoms with E-state index in [1.165, 1.54) is 17.0 Å². The number of aromatic nitrogens is 1. The van der Waals surface area contributed by atoms with Gasteiger partial charge in [-0.25, -0.2) is 18.2 Å². The second-order valence-electron chi connectivity index (χ2n) is 9.06. The number of hydrogen-bond acceptors (Lipinski definition) is 7. The monoisotopic (exact) mass is 486 g/mol. The minimum Gasteiger partial charge on any atom is -0.447 e. The van der Waals surface area contributed by atoms with Crippen LogP contribution in [0, 0.1) is 20.8 Å². The molecule has 2 aromatic rings. The second-order valence-corrected chi connectivity index (χ2v) is 11.0. The Morgan fingerprint density at radius 3 is 2.32 bits per heavy atom. The number of nitrogens with zero attached hydrogens (tertiary/aromatic N) is 4. The van der Waals surface area contributed by atoms with Crippen molar-refractivity contribution >= 4 is 33.3 Å². The van der Waals surface area contributed by atoms with E-state index in [1.54, 1.807) is 11.0 Å². The molecule has 0 spiro atoms. The molecule has 0 saturated carbocycles. The third-order valence-corrected chi connectivity index (χ3v) is 7.59. The van der Waals surface area contributed by atoms with Crippen molar-refractivity contribution in [1.82, 2.24) is 9.88 Å². The molecule has 9 nitrogen and oxygen atoms in total. The second kappa shape index (κ2) is 8.90. The fourth-order valence-corrected chi connectivity index (χ4v) is 5.35. The van der Waals surface area contributed by atoms with Crippen LogP contribution in [0.4, 0.5) is 16.3 Å². The van der Waals surface area contributed by atoms with E-state index in [0.29, 0.717) is 31.9 Å². The molecule has 10 heteroatoms. The van der Waals surface area contributed by atoms with E-state index in [4.69, 9.17) is 9.72 Å². The van der Waals surface area contributed by atoms with Crippen LogP contribution in [-0.4, -0.2) is 75.4 Å². The molecule has 1 atom stereocenters. The van der Waals surface area contributed by atoms with Crippen LogP contribution in [0.15, 0.2) is 29.2 Å². The minimum atomic E-state index is -3.72. The van der Waals surface area contributed by atoms with Gasteiger partial charge in [-0.3, -0.25) is 9.69 Å². The van der Waals surface area contributed by atoms with Gasteiger partial charge in [0.15, 0.2) is 9.84 Å². The molecule has 2 amide bonds. The van der Waals surface area contributed by atoms with Crippen molar-refractivity contribution in [3.63, 3.8) is 0 Å². The Hall–Kier alpha value is -3.14. The van der Waals surface area contributed by atoms with Crippen molar-refractivity contribution in [3.8, 4) is 0 Å². The fourth-order valence-electron chi connectivity index (χ4n) is 4.46. The van der Waals surface area contributed by atoms with Gasteiger partial charge in [0, 0.05) is 43.8 Å². The van der Waals surface area contributed by atoms with E-state index in [0.717, 1.165) is 28.9 Å². The van der Waals surface area contributed by atoms with E-state index in [1.807, 2.05) is 27.7 Å². The highest BCUT2D eigenvalue weighted by molar-refractivity contribution is 7.90. The zero-order valence-electron chi connectivity index (χ0n) is 20.2. The number of benzene rings is 1. The van der Waals surface area contributed by atoms with Crippen LogP contribution >= 0.6 is 0 Å². The summed E-state index contributed by atoms with van der Waals surface area (Å²) in [6.07, 6.45) is 0.540. The maximum absolute atomic E-state index is 13.4. The molecule has 0 N–H and O–H groups in total. The van der Waals surface area contributed by atoms with Crippen LogP contribution < -0.4 is 9.80 Å². The minimum absolute atomic E-state index is 0.0870. The lowest BCUT2D eigenvalue weighted by Crippen LogP contribution is -2.49. The summed E-state index contributed by atoms with van der Waals surface area (Å²) in [7, 11) is -3.72. The summed E-state index contributed by atoms with van der Waals surface area (Å²) < 4.78 is 30.2. The average molecular weight is 487 g/mol. The summed E-state index contributed by atoms with van der Waals surface area (Å²) >= 11 is 0. The lowest BCUT2D eigenvalue weighted by molar-refractivity contribution is 0.0742. The molecule has 1 unspecified atom stereocenters. The number of ether oxygens (including phenoxy) is 1. The predicted molar refractivity (Wildman–Crippen MR) is 129 cm³/mol. The summed E-state index contributed by atoms with van der Waals surface area (Å²) in [6, 6.07) is 6.38. The Bertz CT molecular complexity index is 1250. The Balaban J connectivity index is 1.56. The molecule has 182 valence electrons. The van der Waals surface area contributed by atoms with Crippen molar-refractivity contribution in [3.05, 3.63) is 46.6 Å². The smallest absolute Gasteiger partial charge is 0.414 e. The molecule has 34 heavy (non-hydrogen) atoms. The largest absolute Gasteiger partial charge is 0.447 e. The molecule has 2 aliphatic heterocycles. The zero-order valence-corrected chi connectivity index (χ0v) is 21.0. The van der Waals surface area contributed by atoms with Crippen LogP contribution in [0.2, 0.25) is 0 Å². The molecule has 1 aromatic heterocycles. The lowest BCUT2D eigenvalue weighted by atomic mass is 10.1. The molecule has 1 aromatic carbocycles. The highest BCUT2D eigenvalue weighted by atomic mass is 32.2. The molecular weight excluding hydrogens is 456 g/mol. The maximum atomic E-state index is 13.4. The molecule has 2 fully saturated rings. The molecule has 0 radical (unpaired) electrons. The summed E-state index contributed by atoms with van der Waals surface area (Å²) in [6.45, 7) is 10.2. The molecular formula is C24H30N4O5S. The molecule has 2 aliphatic rings. The maximum Gasteiger partial charge on any atom is 0.414 e. The Morgan fingerprint density at radius 2 is 1.74 bits per heavy atom. The van der Waals surface area contributed by atoms with E-state index in [9.17, 15) is 18.0 Å². The van der Waals surface area contributed by atoms with Gasteiger partial charge in [-0.2, -0.15) is 0 Å². The third-order valence-electron chi connectivity index (χ3n) is 6.46. The van der Waals surface area contributed by atoms with E-state index in [2.05, 4.69) is 11.0 Å². The third kappa shape index (κ3) is 4.46. The van der Waals surface area contributed by atoms with Crippen molar-refractivity contribution in [2.75, 3.05) is 48.8 Å². The Labute approximate surface area is 200 Å². The van der Waals surface area contributed by atoms with E-state index >= 15 is 0 Å². The Morgan fingerprint density at radius 1 is 1.06 bits per heavy atom. The van der Waals surface area contributed by atoms with Gasteiger partial charge in [0.2, 0.25) is 0 Å². The average Bonchev–Trinajstić information content (AvgIpc) is 3.13. The highest BCUT2D eigenvalue weighted by Crippen LogP contribution is 2.29. The first-order chi connectivity index (χ1) is 16.0. The molecule has 0 bridgehead atoms. The van der Waals surface area contributed by atoms with Gasteiger partial charge >= 0.3 is 6.09 Å². The lowest BCUT2D eigenvalue weighted by Gasteiger charge is -2.36. The molecule has 3 heterocycles. The first kappa shape index (κ1) is 24.0. The van der Waals surface area contributed by atoms with Crippen molar-refractivity contribution in [2.24, 2.45) is 0 Å². The topological polar surface area (TPSA) is 100 Å². The Kier molecular flexibility index (Phi) is 6.28. The fraction of sp³-hybridized carbons (Fsp3) is 0.458. The van der Waals surface area contributed by atoms with Crippen LogP contribution in [0.5, 0.6) is 0 Å². The summed E-state index contributed by atoms with van der Waals surface area (Å²) in [5.74, 6) is 0.580. The summed E-state index contributed by atoms with van der Waals surface area (Å²) in [4.78, 5) is 35.3. The van der Waals surface area contributed by atoms with E-state index < -0.39 is 15.9 Å². The number of piperazine rings is 1. The normalized spacial score (nSPS) is 18.9. The number of cyclic esters (lactones) is 1. The van der Waals surface area contributed by atoms with Gasteiger partial charge in [0.05, 0.1) is 16.5 Å². The quantitative estimate of drug-likeness (QED) is 0.655. The van der Waals surface area contributed by atoms with Crippen LogP contribution in [0.1, 0.15) is 34.1 Å². The number of carbonyl (C=O) groups is 2. The van der Waals surface area contributed by atoms with Gasteiger partial charge in [0.1, 0.15) is 12.4 Å². The number of rotatable bonds is 4.